The lowest BCUT2D eigenvalue weighted by molar-refractivity contribution is -0.125. The van der Waals surface area contributed by atoms with Gasteiger partial charge in [-0.25, -0.2) is 0 Å². The number of nitrogens with two attached hydrogens (primary N) is 1. The number of carbonyl (C=O) groups excluding carboxylic acids is 2. The highest BCUT2D eigenvalue weighted by atomic mass is 16.2. The zero-order valence-electron chi connectivity index (χ0n) is 14.6. The van der Waals surface area contributed by atoms with Crippen LogP contribution in [-0.2, 0) is 4.79 Å². The Morgan fingerprint density at radius 2 is 1.79 bits per heavy atom. The Bertz CT molecular complexity index is 539. The molecule has 4 N–H and O–H groups in total. The van der Waals surface area contributed by atoms with Crippen molar-refractivity contribution in [3.8, 4) is 0 Å². The first-order valence-corrected chi connectivity index (χ1v) is 8.93. The number of nitrogens with one attached hydrogen (secondary N) is 2. The van der Waals surface area contributed by atoms with E-state index in [0.29, 0.717) is 5.56 Å². The molecule has 0 radical (unpaired) electrons. The number of carbonyl (C=O) groups is 2. The highest BCUT2D eigenvalue weighted by Gasteiger charge is 2.29. The molecule has 2 unspecified atom stereocenters. The predicted molar refractivity (Wildman–Crippen MR) is 95.5 cm³/mol. The molecule has 1 fully saturated rings. The van der Waals surface area contributed by atoms with E-state index < -0.39 is 6.04 Å². The summed E-state index contributed by atoms with van der Waals surface area (Å²) in [5.74, 6) is -0.223. The number of amides is 2. The lowest BCUT2D eigenvalue weighted by Crippen LogP contribution is -2.53. The Kier molecular flexibility index (Phi) is 6.79. The zero-order valence-corrected chi connectivity index (χ0v) is 14.6. The summed E-state index contributed by atoms with van der Waals surface area (Å²) in [5.41, 5.74) is 6.49. The van der Waals surface area contributed by atoms with E-state index >= 15 is 0 Å². The summed E-state index contributed by atoms with van der Waals surface area (Å²) >= 11 is 0. The molecule has 2 atom stereocenters. The third-order valence-electron chi connectivity index (χ3n) is 4.94. The summed E-state index contributed by atoms with van der Waals surface area (Å²) in [6.07, 6.45) is 4.52. The summed E-state index contributed by atoms with van der Waals surface area (Å²) in [4.78, 5) is 25.1. The molecule has 0 aliphatic heterocycles. The second-order valence-electron chi connectivity index (χ2n) is 6.82. The largest absolute Gasteiger partial charge is 0.352 e. The van der Waals surface area contributed by atoms with Gasteiger partial charge in [0.2, 0.25) is 5.91 Å². The average molecular weight is 331 g/mol. The number of hydrogen-bond acceptors (Lipinski definition) is 3. The molecule has 1 aliphatic rings. The van der Waals surface area contributed by atoms with Gasteiger partial charge in [0.05, 0.1) is 0 Å². The van der Waals surface area contributed by atoms with Crippen LogP contribution >= 0.6 is 0 Å². The molecule has 5 heteroatoms. The molecule has 0 aromatic heterocycles. The lowest BCUT2D eigenvalue weighted by Gasteiger charge is -2.30. The molecule has 1 aromatic rings. The maximum Gasteiger partial charge on any atom is 0.251 e. The molecule has 0 bridgehead atoms. The topological polar surface area (TPSA) is 84.2 Å². The van der Waals surface area contributed by atoms with Crippen LogP contribution in [-0.4, -0.2) is 29.9 Å². The highest BCUT2D eigenvalue weighted by molar-refractivity contribution is 5.97. The van der Waals surface area contributed by atoms with Crippen molar-refractivity contribution >= 4 is 11.8 Å². The first-order valence-electron chi connectivity index (χ1n) is 8.93. The van der Waals surface area contributed by atoms with Crippen molar-refractivity contribution < 1.29 is 9.59 Å². The molecule has 5 nitrogen and oxygen atoms in total. The summed E-state index contributed by atoms with van der Waals surface area (Å²) < 4.78 is 0. The molecule has 0 spiro atoms. The quantitative estimate of drug-likeness (QED) is 0.747. The van der Waals surface area contributed by atoms with Crippen molar-refractivity contribution in [2.24, 2.45) is 11.7 Å². The van der Waals surface area contributed by atoms with E-state index in [9.17, 15) is 9.59 Å². The first-order chi connectivity index (χ1) is 11.5. The van der Waals surface area contributed by atoms with Crippen LogP contribution in [0.2, 0.25) is 0 Å². The number of benzene rings is 1. The van der Waals surface area contributed by atoms with Crippen molar-refractivity contribution in [3.63, 3.8) is 0 Å². The maximum absolute atomic E-state index is 12.7. The Morgan fingerprint density at radius 1 is 1.17 bits per heavy atom. The molecular formula is C19H29N3O2. The van der Waals surface area contributed by atoms with Gasteiger partial charge in [0.25, 0.3) is 5.91 Å². The number of hydrogen-bond donors (Lipinski definition) is 3. The van der Waals surface area contributed by atoms with Gasteiger partial charge in [-0.05, 0) is 43.7 Å². The van der Waals surface area contributed by atoms with E-state index in [1.54, 1.807) is 12.1 Å². The summed E-state index contributed by atoms with van der Waals surface area (Å²) in [7, 11) is 0. The fraction of sp³-hybridized carbons (Fsp3) is 0.579. The van der Waals surface area contributed by atoms with Gasteiger partial charge in [0, 0.05) is 17.6 Å². The third kappa shape index (κ3) is 5.06. The van der Waals surface area contributed by atoms with E-state index in [1.807, 2.05) is 32.0 Å². The van der Waals surface area contributed by atoms with Gasteiger partial charge in [0.1, 0.15) is 6.04 Å². The van der Waals surface area contributed by atoms with Crippen molar-refractivity contribution in [1.82, 2.24) is 10.6 Å². The summed E-state index contributed by atoms with van der Waals surface area (Å²) in [5, 5.41) is 6.01. The van der Waals surface area contributed by atoms with Crippen LogP contribution in [0.4, 0.5) is 0 Å². The standard InChI is InChI=1S/C19H29N3O2/c1-3-13(2)17(22-18(23)14-7-5-4-6-8-14)19(24)21-16-11-9-15(20)10-12-16/h4-8,13,15-17H,3,9-12,20H2,1-2H3,(H,21,24)(H,22,23). The fourth-order valence-electron chi connectivity index (χ4n) is 3.07. The normalized spacial score (nSPS) is 23.1. The molecule has 2 rings (SSSR count). The predicted octanol–water partition coefficient (Wildman–Crippen LogP) is 2.22. The summed E-state index contributed by atoms with van der Waals surface area (Å²) in [6, 6.07) is 8.91. The van der Waals surface area contributed by atoms with Crippen LogP contribution in [0.3, 0.4) is 0 Å². The van der Waals surface area contributed by atoms with Gasteiger partial charge >= 0.3 is 0 Å². The van der Waals surface area contributed by atoms with Crippen molar-refractivity contribution in [2.45, 2.75) is 64.1 Å². The van der Waals surface area contributed by atoms with E-state index in [0.717, 1.165) is 32.1 Å². The van der Waals surface area contributed by atoms with Crippen LogP contribution < -0.4 is 16.4 Å². The molecule has 1 aliphatic carbocycles. The minimum absolute atomic E-state index is 0.0727. The van der Waals surface area contributed by atoms with Gasteiger partial charge in [-0.3, -0.25) is 9.59 Å². The van der Waals surface area contributed by atoms with Crippen molar-refractivity contribution in [2.75, 3.05) is 0 Å². The number of rotatable bonds is 6. The van der Waals surface area contributed by atoms with E-state index in [-0.39, 0.29) is 29.8 Å². The van der Waals surface area contributed by atoms with Crippen molar-refractivity contribution in [3.05, 3.63) is 35.9 Å². The zero-order chi connectivity index (χ0) is 17.5. The Hall–Kier alpha value is -1.88. The van der Waals surface area contributed by atoms with Crippen molar-refractivity contribution in [1.29, 1.82) is 0 Å². The van der Waals surface area contributed by atoms with Crippen LogP contribution in [0.15, 0.2) is 30.3 Å². The molecule has 1 aromatic carbocycles. The van der Waals surface area contributed by atoms with E-state index in [4.69, 9.17) is 5.73 Å². The minimum Gasteiger partial charge on any atom is -0.352 e. The lowest BCUT2D eigenvalue weighted by atomic mass is 9.91. The SMILES string of the molecule is CCC(C)C(NC(=O)c1ccccc1)C(=O)NC1CCC(N)CC1. The maximum atomic E-state index is 12.7. The second-order valence-corrected chi connectivity index (χ2v) is 6.82. The summed E-state index contributed by atoms with van der Waals surface area (Å²) in [6.45, 7) is 4.02. The van der Waals surface area contributed by atoms with E-state index in [1.165, 1.54) is 0 Å². The average Bonchev–Trinajstić information content (AvgIpc) is 2.61. The van der Waals surface area contributed by atoms with Crippen LogP contribution in [0.1, 0.15) is 56.3 Å². The van der Waals surface area contributed by atoms with Gasteiger partial charge in [-0.1, -0.05) is 38.5 Å². The van der Waals surface area contributed by atoms with Gasteiger partial charge in [-0.15, -0.1) is 0 Å². The van der Waals surface area contributed by atoms with Gasteiger partial charge < -0.3 is 16.4 Å². The third-order valence-corrected chi connectivity index (χ3v) is 4.94. The van der Waals surface area contributed by atoms with Crippen LogP contribution in [0, 0.1) is 5.92 Å². The molecule has 1 saturated carbocycles. The Labute approximate surface area is 144 Å². The minimum atomic E-state index is -0.515. The molecule has 24 heavy (non-hydrogen) atoms. The second kappa shape index (κ2) is 8.83. The Morgan fingerprint density at radius 3 is 2.38 bits per heavy atom. The monoisotopic (exact) mass is 331 g/mol. The smallest absolute Gasteiger partial charge is 0.251 e. The van der Waals surface area contributed by atoms with Crippen LogP contribution in [0.5, 0.6) is 0 Å². The van der Waals surface area contributed by atoms with E-state index in [2.05, 4.69) is 10.6 Å². The molecule has 0 saturated heterocycles. The highest BCUT2D eigenvalue weighted by Crippen LogP contribution is 2.18. The Balaban J connectivity index is 1.99. The molecule has 0 heterocycles. The fourth-order valence-corrected chi connectivity index (χ4v) is 3.07. The van der Waals surface area contributed by atoms with Crippen LogP contribution in [0.25, 0.3) is 0 Å². The molecule has 132 valence electrons. The van der Waals surface area contributed by atoms with Gasteiger partial charge in [-0.2, -0.15) is 0 Å². The van der Waals surface area contributed by atoms with Gasteiger partial charge in [0.15, 0.2) is 0 Å². The molecular weight excluding hydrogens is 302 g/mol. The first kappa shape index (κ1) is 18.5. The molecule has 2 amide bonds.